The summed E-state index contributed by atoms with van der Waals surface area (Å²) in [6, 6.07) is -0.729. The molecule has 2 N–H and O–H groups in total. The molecule has 106 valence electrons. The van der Waals surface area contributed by atoms with Crippen molar-refractivity contribution >= 4 is 12.3 Å². The number of aldehydes is 1. The van der Waals surface area contributed by atoms with Gasteiger partial charge >= 0.3 is 5.97 Å². The van der Waals surface area contributed by atoms with E-state index in [9.17, 15) is 9.59 Å². The Balaban J connectivity index is 3.49. The highest BCUT2D eigenvalue weighted by Gasteiger charge is 2.18. The largest absolute Gasteiger partial charge is 0.359 e. The molecule has 0 aliphatic heterocycles. The zero-order chi connectivity index (χ0) is 13.6. The van der Waals surface area contributed by atoms with Gasteiger partial charge in [0.1, 0.15) is 12.3 Å². The smallest absolute Gasteiger partial charge is 0.304 e. The Morgan fingerprint density at radius 2 is 1.83 bits per heavy atom. The molecular formula is C13H25NO4. The molecule has 0 fully saturated rings. The van der Waals surface area contributed by atoms with Crippen LogP contribution in [0.4, 0.5) is 0 Å². The topological polar surface area (TPSA) is 75.6 Å². The van der Waals surface area contributed by atoms with Gasteiger partial charge in [-0.05, 0) is 13.0 Å². The number of hydrogen-bond donors (Lipinski definition) is 2. The van der Waals surface area contributed by atoms with Crippen LogP contribution in [-0.2, 0) is 14.5 Å². The van der Waals surface area contributed by atoms with Crippen LogP contribution in [0.1, 0.15) is 58.3 Å². The number of unbranched alkanes of at least 4 members (excludes halogenated alkanes) is 6. The fourth-order valence-electron chi connectivity index (χ4n) is 1.78. The first-order valence-electron chi connectivity index (χ1n) is 6.78. The van der Waals surface area contributed by atoms with Gasteiger partial charge in [0.15, 0.2) is 0 Å². The van der Waals surface area contributed by atoms with Gasteiger partial charge in [0, 0.05) is 6.42 Å². The van der Waals surface area contributed by atoms with Crippen molar-refractivity contribution in [1.82, 2.24) is 5.32 Å². The van der Waals surface area contributed by atoms with Gasteiger partial charge in [-0.1, -0.05) is 45.4 Å². The lowest BCUT2D eigenvalue weighted by molar-refractivity contribution is -0.236. The van der Waals surface area contributed by atoms with E-state index in [-0.39, 0.29) is 6.42 Å². The van der Waals surface area contributed by atoms with E-state index in [4.69, 9.17) is 5.26 Å². The van der Waals surface area contributed by atoms with Gasteiger partial charge in [-0.3, -0.25) is 4.89 Å². The van der Waals surface area contributed by atoms with Gasteiger partial charge in [0.2, 0.25) is 0 Å². The lowest BCUT2D eigenvalue weighted by Crippen LogP contribution is -2.38. The zero-order valence-corrected chi connectivity index (χ0v) is 11.2. The molecule has 0 spiro atoms. The first kappa shape index (κ1) is 17.1. The van der Waals surface area contributed by atoms with E-state index in [0.29, 0.717) is 12.8 Å². The molecule has 0 aliphatic carbocycles. The number of nitrogens with one attached hydrogen (secondary N) is 1. The summed E-state index contributed by atoms with van der Waals surface area (Å²) < 4.78 is 0. The fourth-order valence-corrected chi connectivity index (χ4v) is 1.78. The highest BCUT2D eigenvalue weighted by Crippen LogP contribution is 2.06. The molecule has 0 saturated carbocycles. The van der Waals surface area contributed by atoms with Crippen molar-refractivity contribution in [3.63, 3.8) is 0 Å². The lowest BCUT2D eigenvalue weighted by Gasteiger charge is -2.12. The normalized spacial score (nSPS) is 12.1. The predicted octanol–water partition coefficient (Wildman–Crippen LogP) is 2.30. The summed E-state index contributed by atoms with van der Waals surface area (Å²) in [5, 5.41) is 11.2. The Labute approximate surface area is 109 Å². The highest BCUT2D eigenvalue weighted by molar-refractivity contribution is 5.78. The van der Waals surface area contributed by atoms with Crippen molar-refractivity contribution in [3.8, 4) is 0 Å². The molecule has 0 amide bonds. The van der Waals surface area contributed by atoms with Crippen LogP contribution >= 0.6 is 0 Å². The molecular weight excluding hydrogens is 234 g/mol. The SMILES string of the molecule is CCCCCCCCCNC(CC=O)C(=O)OO. The maximum Gasteiger partial charge on any atom is 0.359 e. The maximum atomic E-state index is 11.0. The number of carbonyl (C=O) groups is 2. The third-order valence-electron chi connectivity index (χ3n) is 2.88. The van der Waals surface area contributed by atoms with E-state index in [1.54, 1.807) is 0 Å². The van der Waals surface area contributed by atoms with E-state index >= 15 is 0 Å². The highest BCUT2D eigenvalue weighted by atomic mass is 17.1. The van der Waals surface area contributed by atoms with E-state index in [1.165, 1.54) is 32.1 Å². The van der Waals surface area contributed by atoms with E-state index in [2.05, 4.69) is 17.1 Å². The molecule has 0 aliphatic rings. The van der Waals surface area contributed by atoms with Crippen LogP contribution in [-0.4, -0.2) is 30.1 Å². The second-order valence-electron chi connectivity index (χ2n) is 4.44. The van der Waals surface area contributed by atoms with E-state index in [1.807, 2.05) is 0 Å². The second-order valence-corrected chi connectivity index (χ2v) is 4.44. The zero-order valence-electron chi connectivity index (χ0n) is 11.2. The quantitative estimate of drug-likeness (QED) is 0.243. The fraction of sp³-hybridized carbons (Fsp3) is 0.846. The molecule has 1 atom stereocenters. The summed E-state index contributed by atoms with van der Waals surface area (Å²) in [6.45, 7) is 2.85. The molecule has 0 rings (SSSR count). The average molecular weight is 259 g/mol. The van der Waals surface area contributed by atoms with Gasteiger partial charge < -0.3 is 10.1 Å². The van der Waals surface area contributed by atoms with Crippen LogP contribution in [0.2, 0.25) is 0 Å². The Bertz CT molecular complexity index is 221. The monoisotopic (exact) mass is 259 g/mol. The minimum absolute atomic E-state index is 0.0237. The van der Waals surface area contributed by atoms with Gasteiger partial charge in [-0.2, -0.15) is 5.26 Å². The van der Waals surface area contributed by atoms with Crippen molar-refractivity contribution in [1.29, 1.82) is 0 Å². The molecule has 0 heterocycles. The van der Waals surface area contributed by atoms with Gasteiger partial charge in [-0.25, -0.2) is 4.79 Å². The third-order valence-corrected chi connectivity index (χ3v) is 2.88. The van der Waals surface area contributed by atoms with Gasteiger partial charge in [0.25, 0.3) is 0 Å². The minimum atomic E-state index is -0.801. The Kier molecular flexibility index (Phi) is 11.9. The molecule has 1 unspecified atom stereocenters. The summed E-state index contributed by atoms with van der Waals surface area (Å²) in [5.74, 6) is -0.801. The number of carbonyl (C=O) groups excluding carboxylic acids is 2. The van der Waals surface area contributed by atoms with Crippen molar-refractivity contribution in [2.45, 2.75) is 64.3 Å². The molecule has 0 aromatic heterocycles. The van der Waals surface area contributed by atoms with Crippen molar-refractivity contribution in [2.24, 2.45) is 0 Å². The van der Waals surface area contributed by atoms with Crippen LogP contribution in [0.15, 0.2) is 0 Å². The molecule has 5 heteroatoms. The van der Waals surface area contributed by atoms with E-state index in [0.717, 1.165) is 12.8 Å². The van der Waals surface area contributed by atoms with Crippen molar-refractivity contribution in [3.05, 3.63) is 0 Å². The molecule has 0 aromatic carbocycles. The van der Waals surface area contributed by atoms with Crippen LogP contribution in [0.3, 0.4) is 0 Å². The van der Waals surface area contributed by atoms with Crippen LogP contribution in [0, 0.1) is 0 Å². The van der Waals surface area contributed by atoms with Gasteiger partial charge in [0.05, 0.1) is 0 Å². The van der Waals surface area contributed by atoms with Crippen LogP contribution < -0.4 is 5.32 Å². The lowest BCUT2D eigenvalue weighted by atomic mass is 10.1. The first-order chi connectivity index (χ1) is 8.76. The van der Waals surface area contributed by atoms with E-state index < -0.39 is 12.0 Å². The molecule has 0 aromatic rings. The molecule has 5 nitrogen and oxygen atoms in total. The first-order valence-corrected chi connectivity index (χ1v) is 6.78. The standard InChI is InChI=1S/C13H25NO4/c1-2-3-4-5-6-7-8-10-14-12(9-11-15)13(16)18-17/h11-12,14,17H,2-10H2,1H3. The summed E-state index contributed by atoms with van der Waals surface area (Å²) in [5.41, 5.74) is 0. The minimum Gasteiger partial charge on any atom is -0.304 e. The summed E-state index contributed by atoms with van der Waals surface area (Å²) in [6.07, 6.45) is 9.01. The molecule has 18 heavy (non-hydrogen) atoms. The van der Waals surface area contributed by atoms with Gasteiger partial charge in [-0.15, -0.1) is 0 Å². The number of hydrogen-bond acceptors (Lipinski definition) is 5. The molecule has 0 radical (unpaired) electrons. The maximum absolute atomic E-state index is 11.0. The third kappa shape index (κ3) is 9.13. The van der Waals surface area contributed by atoms with Crippen LogP contribution in [0.5, 0.6) is 0 Å². The van der Waals surface area contributed by atoms with Crippen molar-refractivity contribution in [2.75, 3.05) is 6.54 Å². The Morgan fingerprint density at radius 3 is 2.39 bits per heavy atom. The van der Waals surface area contributed by atoms with Crippen LogP contribution in [0.25, 0.3) is 0 Å². The Morgan fingerprint density at radius 1 is 1.22 bits per heavy atom. The number of rotatable bonds is 12. The van der Waals surface area contributed by atoms with Crippen molar-refractivity contribution < 1.29 is 19.7 Å². The average Bonchev–Trinajstić information content (AvgIpc) is 2.39. The molecule has 0 bridgehead atoms. The predicted molar refractivity (Wildman–Crippen MR) is 69.2 cm³/mol. The Hall–Kier alpha value is -0.940. The summed E-state index contributed by atoms with van der Waals surface area (Å²) in [4.78, 5) is 25.0. The summed E-state index contributed by atoms with van der Waals surface area (Å²) >= 11 is 0. The second kappa shape index (κ2) is 12.5. The summed E-state index contributed by atoms with van der Waals surface area (Å²) in [7, 11) is 0. The molecule has 0 saturated heterocycles.